The van der Waals surface area contributed by atoms with Gasteiger partial charge in [0, 0.05) is 24.9 Å². The van der Waals surface area contributed by atoms with E-state index in [1.54, 1.807) is 0 Å². The maximum Gasteiger partial charge on any atom is 0.138 e. The zero-order chi connectivity index (χ0) is 14.9. The normalized spacial score (nSPS) is 12.4. The van der Waals surface area contributed by atoms with Gasteiger partial charge in [0.05, 0.1) is 25.4 Å². The van der Waals surface area contributed by atoms with Crippen LogP contribution in [0.25, 0.3) is 0 Å². The van der Waals surface area contributed by atoms with Crippen molar-refractivity contribution in [3.05, 3.63) is 0 Å². The van der Waals surface area contributed by atoms with Crippen LogP contribution >= 0.6 is 0 Å². The molecule has 0 saturated carbocycles. The van der Waals surface area contributed by atoms with Crippen LogP contribution in [0.3, 0.4) is 0 Å². The molecule has 0 aromatic carbocycles. The minimum Gasteiger partial charge on any atom is -0.378 e. The predicted molar refractivity (Wildman–Crippen MR) is 78.5 cm³/mol. The molecule has 0 fully saturated rings. The molecular formula is C15H31NO3. The first kappa shape index (κ1) is 18.6. The highest BCUT2D eigenvalue weighted by Gasteiger charge is 2.23. The summed E-state index contributed by atoms with van der Waals surface area (Å²) in [5.41, 5.74) is -0.402. The fraction of sp³-hybridized carbons (Fsp3) is 0.933. The monoisotopic (exact) mass is 273 g/mol. The van der Waals surface area contributed by atoms with Crippen LogP contribution in [0.2, 0.25) is 0 Å². The van der Waals surface area contributed by atoms with E-state index in [9.17, 15) is 4.79 Å². The van der Waals surface area contributed by atoms with Crippen molar-refractivity contribution in [2.24, 2.45) is 5.92 Å². The summed E-state index contributed by atoms with van der Waals surface area (Å²) < 4.78 is 11.2. The number of nitrogens with one attached hydrogen (secondary N) is 1. The Morgan fingerprint density at radius 3 is 2.26 bits per heavy atom. The quantitative estimate of drug-likeness (QED) is 0.587. The molecule has 0 aromatic rings. The first-order valence-corrected chi connectivity index (χ1v) is 7.22. The van der Waals surface area contributed by atoms with Gasteiger partial charge < -0.3 is 14.8 Å². The van der Waals surface area contributed by atoms with E-state index in [4.69, 9.17) is 9.47 Å². The van der Waals surface area contributed by atoms with Crippen LogP contribution in [-0.4, -0.2) is 43.8 Å². The summed E-state index contributed by atoms with van der Waals surface area (Å²) in [6.07, 6.45) is 0.458. The number of rotatable bonds is 11. The maximum atomic E-state index is 11.7. The number of carbonyl (C=O) groups excluding carboxylic acids is 1. The summed E-state index contributed by atoms with van der Waals surface area (Å²) in [6, 6.07) is 0.487. The molecular weight excluding hydrogens is 242 g/mol. The number of Topliss-reactive ketones (excluding diaryl/α,β-unsaturated/α-hetero) is 1. The molecule has 0 aliphatic heterocycles. The second-order valence-electron chi connectivity index (χ2n) is 6.13. The lowest BCUT2D eigenvalue weighted by molar-refractivity contribution is -0.129. The van der Waals surface area contributed by atoms with Crippen LogP contribution in [0.4, 0.5) is 0 Å². The molecule has 0 amide bonds. The van der Waals surface area contributed by atoms with Crippen LogP contribution < -0.4 is 5.32 Å². The van der Waals surface area contributed by atoms with Gasteiger partial charge >= 0.3 is 0 Å². The zero-order valence-corrected chi connectivity index (χ0v) is 13.4. The second kappa shape index (κ2) is 9.45. The molecule has 19 heavy (non-hydrogen) atoms. The number of hydrogen-bond acceptors (Lipinski definition) is 4. The fourth-order valence-corrected chi connectivity index (χ4v) is 1.57. The van der Waals surface area contributed by atoms with Crippen molar-refractivity contribution in [1.82, 2.24) is 5.32 Å². The third-order valence-electron chi connectivity index (χ3n) is 2.76. The van der Waals surface area contributed by atoms with E-state index in [-0.39, 0.29) is 11.7 Å². The number of ketones is 1. The zero-order valence-electron chi connectivity index (χ0n) is 13.4. The molecule has 0 radical (unpaired) electrons. The summed E-state index contributed by atoms with van der Waals surface area (Å²) in [5, 5.41) is 3.28. The molecule has 0 aliphatic carbocycles. The molecule has 0 rings (SSSR count). The molecule has 0 saturated heterocycles. The van der Waals surface area contributed by atoms with Crippen LogP contribution in [0.1, 0.15) is 48.0 Å². The number of carbonyl (C=O) groups is 1. The lowest BCUT2D eigenvalue weighted by Gasteiger charge is -2.25. The summed E-state index contributed by atoms with van der Waals surface area (Å²) >= 11 is 0. The molecule has 114 valence electrons. The summed E-state index contributed by atoms with van der Waals surface area (Å²) in [7, 11) is 0. The standard InChI is InChI=1S/C15H31NO3/c1-12(2)14(17)11-15(5,6)19-10-9-18-8-7-16-13(3)4/h12-13,16H,7-11H2,1-6H3. The van der Waals surface area contributed by atoms with E-state index >= 15 is 0 Å². The van der Waals surface area contributed by atoms with Crippen molar-refractivity contribution >= 4 is 5.78 Å². The molecule has 4 heteroatoms. The van der Waals surface area contributed by atoms with Gasteiger partial charge in [-0.1, -0.05) is 27.7 Å². The Kier molecular flexibility index (Phi) is 9.23. The van der Waals surface area contributed by atoms with E-state index in [0.717, 1.165) is 6.54 Å². The Hall–Kier alpha value is -0.450. The Labute approximate surface area is 118 Å². The highest BCUT2D eigenvalue weighted by Crippen LogP contribution is 2.17. The molecule has 0 aliphatic rings. The van der Waals surface area contributed by atoms with E-state index in [1.165, 1.54) is 0 Å². The molecule has 1 N–H and O–H groups in total. The van der Waals surface area contributed by atoms with Gasteiger partial charge in [-0.15, -0.1) is 0 Å². The Balaban J connectivity index is 3.61. The van der Waals surface area contributed by atoms with E-state index in [0.29, 0.717) is 32.3 Å². The first-order chi connectivity index (χ1) is 8.74. The lowest BCUT2D eigenvalue weighted by atomic mass is 9.95. The van der Waals surface area contributed by atoms with Crippen molar-refractivity contribution in [2.75, 3.05) is 26.4 Å². The van der Waals surface area contributed by atoms with Crippen LogP contribution in [-0.2, 0) is 14.3 Å². The van der Waals surface area contributed by atoms with Gasteiger partial charge in [-0.05, 0) is 13.8 Å². The summed E-state index contributed by atoms with van der Waals surface area (Å²) in [5.74, 6) is 0.313. The van der Waals surface area contributed by atoms with E-state index in [1.807, 2.05) is 27.7 Å². The van der Waals surface area contributed by atoms with Crippen molar-refractivity contribution < 1.29 is 14.3 Å². The van der Waals surface area contributed by atoms with Gasteiger partial charge in [-0.25, -0.2) is 0 Å². The number of ether oxygens (including phenoxy) is 2. The van der Waals surface area contributed by atoms with Gasteiger partial charge in [0.2, 0.25) is 0 Å². The molecule has 0 spiro atoms. The molecule has 0 bridgehead atoms. The van der Waals surface area contributed by atoms with Crippen molar-refractivity contribution in [3.63, 3.8) is 0 Å². The fourth-order valence-electron chi connectivity index (χ4n) is 1.57. The minimum absolute atomic E-state index is 0.0706. The largest absolute Gasteiger partial charge is 0.378 e. The van der Waals surface area contributed by atoms with Crippen LogP contribution in [0, 0.1) is 5.92 Å². The van der Waals surface area contributed by atoms with Gasteiger partial charge in [-0.3, -0.25) is 4.79 Å². The smallest absolute Gasteiger partial charge is 0.138 e. The van der Waals surface area contributed by atoms with E-state index < -0.39 is 5.60 Å². The average Bonchev–Trinajstić information content (AvgIpc) is 2.26. The predicted octanol–water partition coefficient (Wildman–Crippen LogP) is 2.41. The summed E-state index contributed by atoms with van der Waals surface area (Å²) in [4.78, 5) is 11.7. The van der Waals surface area contributed by atoms with Gasteiger partial charge in [0.1, 0.15) is 5.78 Å². The average molecular weight is 273 g/mol. The van der Waals surface area contributed by atoms with Gasteiger partial charge in [-0.2, -0.15) is 0 Å². The van der Waals surface area contributed by atoms with Crippen LogP contribution in [0.15, 0.2) is 0 Å². The van der Waals surface area contributed by atoms with Crippen LogP contribution in [0.5, 0.6) is 0 Å². The highest BCUT2D eigenvalue weighted by atomic mass is 16.5. The van der Waals surface area contributed by atoms with Crippen molar-refractivity contribution in [2.45, 2.75) is 59.6 Å². The molecule has 0 atom stereocenters. The third kappa shape index (κ3) is 11.1. The Bertz CT molecular complexity index is 250. The molecule has 0 heterocycles. The minimum atomic E-state index is -0.402. The van der Waals surface area contributed by atoms with Gasteiger partial charge in [0.15, 0.2) is 0 Å². The van der Waals surface area contributed by atoms with Gasteiger partial charge in [0.25, 0.3) is 0 Å². The lowest BCUT2D eigenvalue weighted by Crippen LogP contribution is -2.31. The second-order valence-corrected chi connectivity index (χ2v) is 6.13. The Morgan fingerprint density at radius 2 is 1.74 bits per heavy atom. The SMILES string of the molecule is CC(C)NCCOCCOC(C)(C)CC(=O)C(C)C. The maximum absolute atomic E-state index is 11.7. The topological polar surface area (TPSA) is 47.6 Å². The van der Waals surface area contributed by atoms with Crippen molar-refractivity contribution in [1.29, 1.82) is 0 Å². The van der Waals surface area contributed by atoms with Crippen molar-refractivity contribution in [3.8, 4) is 0 Å². The molecule has 0 aromatic heterocycles. The number of hydrogen-bond donors (Lipinski definition) is 1. The highest BCUT2D eigenvalue weighted by molar-refractivity contribution is 5.81. The molecule has 4 nitrogen and oxygen atoms in total. The summed E-state index contributed by atoms with van der Waals surface area (Å²) in [6.45, 7) is 14.6. The first-order valence-electron chi connectivity index (χ1n) is 7.22. The van der Waals surface area contributed by atoms with E-state index in [2.05, 4.69) is 19.2 Å². The Morgan fingerprint density at radius 1 is 1.11 bits per heavy atom. The molecule has 0 unspecified atom stereocenters. The third-order valence-corrected chi connectivity index (χ3v) is 2.76.